The molecule has 2 unspecified atom stereocenters. The predicted octanol–water partition coefficient (Wildman–Crippen LogP) is -0.130. The van der Waals surface area contributed by atoms with Crippen LogP contribution in [0.15, 0.2) is 0 Å². The summed E-state index contributed by atoms with van der Waals surface area (Å²) in [6, 6.07) is -0.165. The van der Waals surface area contributed by atoms with Crippen LogP contribution in [0.5, 0.6) is 0 Å². The summed E-state index contributed by atoms with van der Waals surface area (Å²) < 4.78 is 0. The maximum absolute atomic E-state index is 11.3. The third kappa shape index (κ3) is 3.82. The van der Waals surface area contributed by atoms with Gasteiger partial charge in [-0.3, -0.25) is 4.79 Å². The van der Waals surface area contributed by atoms with Crippen molar-refractivity contribution in [2.45, 2.75) is 32.4 Å². The average molecular weight is 222 g/mol. The van der Waals surface area contributed by atoms with Gasteiger partial charge in [-0.15, -0.1) is 12.4 Å². The maximum atomic E-state index is 11.3. The van der Waals surface area contributed by atoms with Crippen LogP contribution in [0, 0.1) is 5.92 Å². The van der Waals surface area contributed by atoms with Crippen LogP contribution in [-0.4, -0.2) is 31.1 Å². The molecular formula is C9H20ClN3O. The van der Waals surface area contributed by atoms with Gasteiger partial charge in [0.2, 0.25) is 5.91 Å². The number of carbonyl (C=O) groups is 1. The average Bonchev–Trinajstić information content (AvgIpc) is 2.08. The highest BCUT2D eigenvalue weighted by Crippen LogP contribution is 2.10. The number of amides is 1. The smallest absolute Gasteiger partial charge is 0.236 e. The molecule has 0 aromatic heterocycles. The minimum Gasteiger partial charge on any atom is -0.350 e. The van der Waals surface area contributed by atoms with Gasteiger partial charge in [0.1, 0.15) is 0 Å². The molecule has 1 fully saturated rings. The number of nitrogens with two attached hydrogens (primary N) is 1. The second-order valence-corrected chi connectivity index (χ2v) is 3.87. The van der Waals surface area contributed by atoms with E-state index < -0.39 is 6.04 Å². The summed E-state index contributed by atoms with van der Waals surface area (Å²) in [5, 5.41) is 6.20. The molecule has 4 nitrogen and oxygen atoms in total. The molecule has 0 aromatic carbocycles. The second-order valence-electron chi connectivity index (χ2n) is 3.87. The molecule has 1 rings (SSSR count). The SMILES string of the molecule is CC1CCNCC1NC(=O)[C@H](C)N.Cl. The quantitative estimate of drug-likeness (QED) is 0.609. The van der Waals surface area contributed by atoms with Crippen molar-refractivity contribution in [2.75, 3.05) is 13.1 Å². The number of piperidine rings is 1. The molecule has 0 aromatic rings. The largest absolute Gasteiger partial charge is 0.350 e. The van der Waals surface area contributed by atoms with E-state index in [1.165, 1.54) is 0 Å². The summed E-state index contributed by atoms with van der Waals surface area (Å²) in [5.74, 6) is 0.490. The second kappa shape index (κ2) is 6.22. The first kappa shape index (κ1) is 13.7. The van der Waals surface area contributed by atoms with E-state index in [9.17, 15) is 4.79 Å². The van der Waals surface area contributed by atoms with Crippen LogP contribution in [0.2, 0.25) is 0 Å². The molecule has 1 saturated heterocycles. The number of halogens is 1. The van der Waals surface area contributed by atoms with Gasteiger partial charge >= 0.3 is 0 Å². The Labute approximate surface area is 91.4 Å². The first-order valence-electron chi connectivity index (χ1n) is 4.88. The Morgan fingerprint density at radius 3 is 2.79 bits per heavy atom. The Balaban J connectivity index is 0.00000169. The molecular weight excluding hydrogens is 202 g/mol. The Morgan fingerprint density at radius 2 is 2.29 bits per heavy atom. The van der Waals surface area contributed by atoms with Gasteiger partial charge in [0.15, 0.2) is 0 Å². The van der Waals surface area contributed by atoms with E-state index in [0.717, 1.165) is 19.5 Å². The van der Waals surface area contributed by atoms with Crippen LogP contribution in [0.25, 0.3) is 0 Å². The molecule has 84 valence electrons. The zero-order valence-electron chi connectivity index (χ0n) is 8.75. The fraction of sp³-hybridized carbons (Fsp3) is 0.889. The third-order valence-electron chi connectivity index (χ3n) is 2.57. The van der Waals surface area contributed by atoms with E-state index in [-0.39, 0.29) is 24.4 Å². The van der Waals surface area contributed by atoms with Crippen LogP contribution in [0.3, 0.4) is 0 Å². The molecule has 1 heterocycles. The highest BCUT2D eigenvalue weighted by Gasteiger charge is 2.23. The zero-order chi connectivity index (χ0) is 9.84. The van der Waals surface area contributed by atoms with Crippen molar-refractivity contribution in [1.29, 1.82) is 0 Å². The molecule has 1 aliphatic rings. The van der Waals surface area contributed by atoms with Crippen molar-refractivity contribution in [2.24, 2.45) is 11.7 Å². The van der Waals surface area contributed by atoms with E-state index in [0.29, 0.717) is 5.92 Å². The van der Waals surface area contributed by atoms with Crippen LogP contribution in [-0.2, 0) is 4.79 Å². The van der Waals surface area contributed by atoms with Crippen molar-refractivity contribution in [3.63, 3.8) is 0 Å². The Hall–Kier alpha value is -0.320. The van der Waals surface area contributed by atoms with Gasteiger partial charge in [-0.25, -0.2) is 0 Å². The summed E-state index contributed by atoms with van der Waals surface area (Å²) in [6.07, 6.45) is 1.11. The summed E-state index contributed by atoms with van der Waals surface area (Å²) in [7, 11) is 0. The Morgan fingerprint density at radius 1 is 1.64 bits per heavy atom. The first-order chi connectivity index (χ1) is 6.11. The molecule has 1 amide bonds. The van der Waals surface area contributed by atoms with Crippen molar-refractivity contribution in [3.8, 4) is 0 Å². The number of hydrogen-bond donors (Lipinski definition) is 3. The lowest BCUT2D eigenvalue weighted by Crippen LogP contribution is -2.53. The van der Waals surface area contributed by atoms with Gasteiger partial charge in [-0.2, -0.15) is 0 Å². The Kier molecular flexibility index (Phi) is 6.08. The molecule has 3 atom stereocenters. The summed E-state index contributed by atoms with van der Waals surface area (Å²) in [5.41, 5.74) is 5.47. The number of carbonyl (C=O) groups excluding carboxylic acids is 1. The van der Waals surface area contributed by atoms with Gasteiger partial charge in [-0.05, 0) is 25.8 Å². The van der Waals surface area contributed by atoms with E-state index >= 15 is 0 Å². The Bertz CT molecular complexity index is 187. The molecule has 0 aliphatic carbocycles. The standard InChI is InChI=1S/C9H19N3O.ClH/c1-6-3-4-11-5-8(6)12-9(13)7(2)10;/h6-8,11H,3-5,10H2,1-2H3,(H,12,13);1H/t6?,7-,8?;/m0./s1. The molecule has 0 spiro atoms. The lowest BCUT2D eigenvalue weighted by molar-refractivity contribution is -0.123. The monoisotopic (exact) mass is 221 g/mol. The minimum absolute atomic E-state index is 0. The predicted molar refractivity (Wildman–Crippen MR) is 59.5 cm³/mol. The molecule has 1 aliphatic heterocycles. The lowest BCUT2D eigenvalue weighted by atomic mass is 9.94. The van der Waals surface area contributed by atoms with Crippen molar-refractivity contribution in [1.82, 2.24) is 10.6 Å². The maximum Gasteiger partial charge on any atom is 0.236 e. The van der Waals surface area contributed by atoms with Gasteiger partial charge in [-0.1, -0.05) is 6.92 Å². The molecule has 4 N–H and O–H groups in total. The normalized spacial score (nSPS) is 28.8. The summed E-state index contributed by atoms with van der Waals surface area (Å²) in [6.45, 7) is 5.77. The number of nitrogens with one attached hydrogen (secondary N) is 2. The first-order valence-corrected chi connectivity index (χ1v) is 4.88. The van der Waals surface area contributed by atoms with E-state index in [1.807, 2.05) is 0 Å². The fourth-order valence-electron chi connectivity index (χ4n) is 1.50. The molecule has 5 heteroatoms. The van der Waals surface area contributed by atoms with Crippen molar-refractivity contribution >= 4 is 18.3 Å². The van der Waals surface area contributed by atoms with E-state index in [4.69, 9.17) is 5.73 Å². The highest BCUT2D eigenvalue weighted by atomic mass is 35.5. The molecule has 14 heavy (non-hydrogen) atoms. The highest BCUT2D eigenvalue weighted by molar-refractivity contribution is 5.85. The van der Waals surface area contributed by atoms with Crippen molar-refractivity contribution < 1.29 is 4.79 Å². The van der Waals surface area contributed by atoms with Crippen molar-refractivity contribution in [3.05, 3.63) is 0 Å². The van der Waals surface area contributed by atoms with Gasteiger partial charge in [0.25, 0.3) is 0 Å². The van der Waals surface area contributed by atoms with Gasteiger partial charge < -0.3 is 16.4 Å². The van der Waals surface area contributed by atoms with E-state index in [2.05, 4.69) is 17.6 Å². The summed E-state index contributed by atoms with van der Waals surface area (Å²) >= 11 is 0. The van der Waals surface area contributed by atoms with Crippen LogP contribution >= 0.6 is 12.4 Å². The number of hydrogen-bond acceptors (Lipinski definition) is 3. The van der Waals surface area contributed by atoms with Gasteiger partial charge in [0.05, 0.1) is 6.04 Å². The van der Waals surface area contributed by atoms with Crippen LogP contribution in [0.4, 0.5) is 0 Å². The summed E-state index contributed by atoms with van der Waals surface area (Å²) in [4.78, 5) is 11.3. The molecule has 0 bridgehead atoms. The topological polar surface area (TPSA) is 67.1 Å². The minimum atomic E-state index is -0.408. The van der Waals surface area contributed by atoms with Crippen LogP contribution in [0.1, 0.15) is 20.3 Å². The molecule has 0 saturated carbocycles. The molecule has 0 radical (unpaired) electrons. The third-order valence-corrected chi connectivity index (χ3v) is 2.57. The van der Waals surface area contributed by atoms with Crippen LogP contribution < -0.4 is 16.4 Å². The lowest BCUT2D eigenvalue weighted by Gasteiger charge is -2.30. The van der Waals surface area contributed by atoms with E-state index in [1.54, 1.807) is 6.92 Å². The fourth-order valence-corrected chi connectivity index (χ4v) is 1.50. The number of rotatable bonds is 2. The van der Waals surface area contributed by atoms with Gasteiger partial charge in [0, 0.05) is 12.6 Å². The zero-order valence-corrected chi connectivity index (χ0v) is 9.56.